The van der Waals surface area contributed by atoms with Gasteiger partial charge in [-0.1, -0.05) is 18.9 Å². The van der Waals surface area contributed by atoms with Gasteiger partial charge in [0, 0.05) is 31.0 Å². The number of carbonyl (C=O) groups is 1. The number of pyridine rings is 1. The average Bonchev–Trinajstić information content (AvgIpc) is 3.53. The quantitative estimate of drug-likeness (QED) is 0.448. The number of alkyl halides is 3. The molecule has 0 N–H and O–H groups in total. The number of carbonyl (C=O) groups excluding carboxylic acids is 1. The van der Waals surface area contributed by atoms with Crippen LogP contribution in [0.3, 0.4) is 0 Å². The lowest BCUT2D eigenvalue weighted by Crippen LogP contribution is -2.68. The number of anilines is 1. The van der Waals surface area contributed by atoms with Crippen molar-refractivity contribution in [3.05, 3.63) is 60.0 Å². The standard InChI is InChI=1S/C24H23F4N5O2/c25-16-4-3-7-19(10-16)33(23(34)24(28)13-32(14-24)18-5-1-2-6-18)12-17-9-8-15(11-29-17)21-30-31-22(35-21)20(26)27/h3-4,7-11,18,20H,1-2,5-6,12-14H2. The van der Waals surface area contributed by atoms with Gasteiger partial charge in [0.15, 0.2) is 0 Å². The van der Waals surface area contributed by atoms with E-state index in [0.29, 0.717) is 17.3 Å². The number of likely N-dealkylation sites (tertiary alicyclic amines) is 1. The summed E-state index contributed by atoms with van der Waals surface area (Å²) in [5.41, 5.74) is -1.15. The van der Waals surface area contributed by atoms with E-state index in [2.05, 4.69) is 15.2 Å². The van der Waals surface area contributed by atoms with Crippen LogP contribution in [0.1, 0.15) is 43.7 Å². The van der Waals surface area contributed by atoms with Crippen LogP contribution in [0.25, 0.3) is 11.5 Å². The van der Waals surface area contributed by atoms with E-state index in [1.807, 2.05) is 4.90 Å². The smallest absolute Gasteiger partial charge is 0.314 e. The van der Waals surface area contributed by atoms with Crippen molar-refractivity contribution in [1.29, 1.82) is 0 Å². The molecule has 1 aliphatic heterocycles. The number of nitrogens with zero attached hydrogens (tertiary/aromatic N) is 5. The molecule has 35 heavy (non-hydrogen) atoms. The molecule has 1 saturated carbocycles. The summed E-state index contributed by atoms with van der Waals surface area (Å²) >= 11 is 0. The third-order valence-corrected chi connectivity index (χ3v) is 6.52. The maximum Gasteiger partial charge on any atom is 0.314 e. The molecule has 3 aromatic rings. The second kappa shape index (κ2) is 9.37. The third-order valence-electron chi connectivity index (χ3n) is 6.52. The molecule has 5 rings (SSSR count). The predicted molar refractivity (Wildman–Crippen MR) is 118 cm³/mol. The SMILES string of the molecule is O=C(N(Cc1ccc(-c2nnc(C(F)F)o2)cn1)c1cccc(F)c1)C1(F)CN(C2CCCC2)C1. The van der Waals surface area contributed by atoms with Gasteiger partial charge in [-0.15, -0.1) is 10.2 Å². The molecule has 0 radical (unpaired) electrons. The van der Waals surface area contributed by atoms with E-state index in [0.717, 1.165) is 25.7 Å². The van der Waals surface area contributed by atoms with Gasteiger partial charge < -0.3 is 9.32 Å². The third kappa shape index (κ3) is 4.77. The summed E-state index contributed by atoms with van der Waals surface area (Å²) in [4.78, 5) is 20.8. The second-order valence-corrected chi connectivity index (χ2v) is 8.96. The second-order valence-electron chi connectivity index (χ2n) is 8.96. The number of amides is 1. The van der Waals surface area contributed by atoms with Crippen LogP contribution in [0.15, 0.2) is 47.0 Å². The fourth-order valence-corrected chi connectivity index (χ4v) is 4.67. The van der Waals surface area contributed by atoms with Gasteiger partial charge in [0.2, 0.25) is 11.6 Å². The highest BCUT2D eigenvalue weighted by molar-refractivity contribution is 6.00. The summed E-state index contributed by atoms with van der Waals surface area (Å²) in [6.07, 6.45) is 2.68. The molecule has 1 aliphatic carbocycles. The highest BCUT2D eigenvalue weighted by Gasteiger charge is 2.54. The van der Waals surface area contributed by atoms with Crippen molar-refractivity contribution in [2.24, 2.45) is 0 Å². The first kappa shape index (κ1) is 23.4. The van der Waals surface area contributed by atoms with Gasteiger partial charge >= 0.3 is 6.43 Å². The Bertz CT molecular complexity index is 1190. The molecule has 1 saturated heterocycles. The zero-order valence-electron chi connectivity index (χ0n) is 18.7. The van der Waals surface area contributed by atoms with Gasteiger partial charge in [0.25, 0.3) is 11.8 Å². The first-order valence-electron chi connectivity index (χ1n) is 11.4. The molecular formula is C24H23F4N5O2. The van der Waals surface area contributed by atoms with Crippen molar-refractivity contribution < 1.29 is 26.8 Å². The van der Waals surface area contributed by atoms with Crippen molar-refractivity contribution in [1.82, 2.24) is 20.1 Å². The van der Waals surface area contributed by atoms with Crippen LogP contribution in [-0.2, 0) is 11.3 Å². The molecule has 0 bridgehead atoms. The molecule has 2 aliphatic rings. The van der Waals surface area contributed by atoms with E-state index < -0.39 is 29.7 Å². The van der Waals surface area contributed by atoms with Crippen LogP contribution in [-0.4, -0.2) is 50.8 Å². The maximum absolute atomic E-state index is 15.7. The lowest BCUT2D eigenvalue weighted by atomic mass is 9.91. The van der Waals surface area contributed by atoms with Crippen LogP contribution in [0.4, 0.5) is 23.2 Å². The first-order chi connectivity index (χ1) is 16.8. The van der Waals surface area contributed by atoms with Crippen molar-refractivity contribution >= 4 is 11.6 Å². The Labute approximate surface area is 198 Å². The minimum absolute atomic E-state index is 0.0122. The van der Waals surface area contributed by atoms with Crippen LogP contribution >= 0.6 is 0 Å². The summed E-state index contributed by atoms with van der Waals surface area (Å²) in [5.74, 6) is -2.22. The predicted octanol–water partition coefficient (Wildman–Crippen LogP) is 4.71. The highest BCUT2D eigenvalue weighted by atomic mass is 19.3. The Hall–Kier alpha value is -3.34. The first-order valence-corrected chi connectivity index (χ1v) is 11.4. The molecule has 1 amide bonds. The van der Waals surface area contributed by atoms with Gasteiger partial charge in [-0.2, -0.15) is 8.78 Å². The van der Waals surface area contributed by atoms with E-state index in [9.17, 15) is 18.0 Å². The Morgan fingerprint density at radius 1 is 1.17 bits per heavy atom. The largest absolute Gasteiger partial charge is 0.415 e. The van der Waals surface area contributed by atoms with Crippen molar-refractivity contribution in [3.8, 4) is 11.5 Å². The van der Waals surface area contributed by atoms with Gasteiger partial charge in [0.1, 0.15) is 5.82 Å². The molecule has 0 atom stereocenters. The molecule has 1 aromatic carbocycles. The molecule has 2 aromatic heterocycles. The van der Waals surface area contributed by atoms with E-state index in [4.69, 9.17) is 4.42 Å². The minimum atomic E-state index is -2.89. The number of aromatic nitrogens is 3. The van der Waals surface area contributed by atoms with Crippen LogP contribution in [0, 0.1) is 5.82 Å². The number of benzene rings is 1. The van der Waals surface area contributed by atoms with Crippen molar-refractivity contribution in [2.45, 2.75) is 50.4 Å². The number of rotatable bonds is 7. The monoisotopic (exact) mass is 489 g/mol. The number of halogens is 4. The van der Waals surface area contributed by atoms with E-state index in [-0.39, 0.29) is 31.2 Å². The number of hydrogen-bond acceptors (Lipinski definition) is 6. The minimum Gasteiger partial charge on any atom is -0.415 e. The van der Waals surface area contributed by atoms with Crippen molar-refractivity contribution in [3.63, 3.8) is 0 Å². The molecule has 0 spiro atoms. The molecular weight excluding hydrogens is 466 g/mol. The van der Waals surface area contributed by atoms with Crippen LogP contribution in [0.5, 0.6) is 0 Å². The molecule has 7 nitrogen and oxygen atoms in total. The summed E-state index contributed by atoms with van der Waals surface area (Å²) in [5, 5.41) is 6.86. The Balaban J connectivity index is 1.35. The molecule has 3 heterocycles. The fourth-order valence-electron chi connectivity index (χ4n) is 4.67. The molecule has 184 valence electrons. The molecule has 11 heteroatoms. The van der Waals surface area contributed by atoms with E-state index in [1.165, 1.54) is 47.5 Å². The lowest BCUT2D eigenvalue weighted by Gasteiger charge is -2.48. The van der Waals surface area contributed by atoms with Gasteiger partial charge in [0.05, 0.1) is 17.8 Å². The highest BCUT2D eigenvalue weighted by Crippen LogP contribution is 2.36. The Morgan fingerprint density at radius 3 is 2.57 bits per heavy atom. The Morgan fingerprint density at radius 2 is 1.94 bits per heavy atom. The molecule has 0 unspecified atom stereocenters. The maximum atomic E-state index is 15.7. The summed E-state index contributed by atoms with van der Waals surface area (Å²) < 4.78 is 59.9. The topological polar surface area (TPSA) is 75.4 Å². The van der Waals surface area contributed by atoms with Gasteiger partial charge in [-0.25, -0.2) is 8.78 Å². The normalized spacial score (nSPS) is 18.1. The summed E-state index contributed by atoms with van der Waals surface area (Å²) in [6, 6.07) is 8.78. The van der Waals surface area contributed by atoms with Crippen molar-refractivity contribution in [2.75, 3.05) is 18.0 Å². The fraction of sp³-hybridized carbons (Fsp3) is 0.417. The van der Waals surface area contributed by atoms with Gasteiger partial charge in [-0.05, 0) is 43.2 Å². The van der Waals surface area contributed by atoms with Crippen LogP contribution < -0.4 is 4.90 Å². The average molecular weight is 489 g/mol. The van der Waals surface area contributed by atoms with Gasteiger partial charge in [-0.3, -0.25) is 14.7 Å². The van der Waals surface area contributed by atoms with Crippen LogP contribution in [0.2, 0.25) is 0 Å². The molecule has 2 fully saturated rings. The zero-order chi connectivity index (χ0) is 24.6. The lowest BCUT2D eigenvalue weighted by molar-refractivity contribution is -0.145. The summed E-state index contributed by atoms with van der Waals surface area (Å²) in [6.45, 7) is -0.0829. The zero-order valence-corrected chi connectivity index (χ0v) is 18.7. The van der Waals surface area contributed by atoms with E-state index in [1.54, 1.807) is 0 Å². The summed E-state index contributed by atoms with van der Waals surface area (Å²) in [7, 11) is 0. The Kier molecular flexibility index (Phi) is 6.26. The number of hydrogen-bond donors (Lipinski definition) is 0. The van der Waals surface area contributed by atoms with E-state index >= 15 is 4.39 Å².